The van der Waals surface area contributed by atoms with Crippen LogP contribution in [-0.4, -0.2) is 9.85 Å². The highest BCUT2D eigenvalue weighted by molar-refractivity contribution is 6.33. The van der Waals surface area contributed by atoms with E-state index >= 15 is 0 Å². The van der Waals surface area contributed by atoms with Gasteiger partial charge >= 0.3 is 0 Å². The van der Waals surface area contributed by atoms with Crippen LogP contribution in [0.4, 0.5) is 11.4 Å². The van der Waals surface area contributed by atoms with E-state index in [2.05, 4.69) is 0 Å². The van der Waals surface area contributed by atoms with Crippen LogP contribution in [0.25, 0.3) is 11.1 Å². The van der Waals surface area contributed by atoms with Crippen molar-refractivity contribution in [1.82, 2.24) is 0 Å². The Bertz CT molecular complexity index is 673. The van der Waals surface area contributed by atoms with Crippen molar-refractivity contribution < 1.29 is 9.85 Å². The minimum absolute atomic E-state index is 0.251. The SMILES string of the molecule is O=[N+]([O-])c1ccc(-c2ccccc2Cl)c([N+](=O)[O-])c1. The Balaban J connectivity index is 2.67. The van der Waals surface area contributed by atoms with Crippen LogP contribution in [0.5, 0.6) is 0 Å². The van der Waals surface area contributed by atoms with E-state index in [0.29, 0.717) is 10.6 Å². The zero-order valence-electron chi connectivity index (χ0n) is 9.45. The van der Waals surface area contributed by atoms with E-state index < -0.39 is 9.85 Å². The van der Waals surface area contributed by atoms with Crippen LogP contribution in [0.15, 0.2) is 42.5 Å². The average Bonchev–Trinajstić information content (AvgIpc) is 2.38. The van der Waals surface area contributed by atoms with Gasteiger partial charge in [-0.2, -0.15) is 0 Å². The standard InChI is InChI=1S/C12H7ClN2O4/c13-11-4-2-1-3-9(11)10-6-5-8(14(16)17)7-12(10)15(18)19/h1-7H. The second-order valence-electron chi connectivity index (χ2n) is 3.70. The quantitative estimate of drug-likeness (QED) is 0.631. The summed E-state index contributed by atoms with van der Waals surface area (Å²) in [4.78, 5) is 20.3. The van der Waals surface area contributed by atoms with Crippen LogP contribution in [-0.2, 0) is 0 Å². The van der Waals surface area contributed by atoms with E-state index in [1.54, 1.807) is 24.3 Å². The molecule has 0 aliphatic rings. The van der Waals surface area contributed by atoms with Crippen LogP contribution in [0.2, 0.25) is 5.02 Å². The number of nitro benzene ring substituents is 2. The molecular weight excluding hydrogens is 272 g/mol. The highest BCUT2D eigenvalue weighted by atomic mass is 35.5. The van der Waals surface area contributed by atoms with Crippen molar-refractivity contribution in [1.29, 1.82) is 0 Å². The molecule has 0 radical (unpaired) electrons. The molecule has 2 rings (SSSR count). The molecule has 2 aromatic rings. The molecule has 0 spiro atoms. The van der Waals surface area contributed by atoms with Crippen molar-refractivity contribution in [3.8, 4) is 11.1 Å². The summed E-state index contributed by atoms with van der Waals surface area (Å²) in [6, 6.07) is 10.1. The van der Waals surface area contributed by atoms with E-state index in [1.165, 1.54) is 12.1 Å². The molecule has 2 aromatic carbocycles. The predicted molar refractivity (Wildman–Crippen MR) is 70.2 cm³/mol. The molecule has 0 saturated carbocycles. The maximum atomic E-state index is 11.0. The Morgan fingerprint density at radius 1 is 0.895 bits per heavy atom. The fraction of sp³-hybridized carbons (Fsp3) is 0. The van der Waals surface area contributed by atoms with Crippen molar-refractivity contribution in [2.24, 2.45) is 0 Å². The molecule has 0 N–H and O–H groups in total. The topological polar surface area (TPSA) is 86.3 Å². The highest BCUT2D eigenvalue weighted by Crippen LogP contribution is 2.36. The Morgan fingerprint density at radius 3 is 2.16 bits per heavy atom. The molecule has 96 valence electrons. The number of hydrogen-bond donors (Lipinski definition) is 0. The van der Waals surface area contributed by atoms with E-state index in [0.717, 1.165) is 6.07 Å². The van der Waals surface area contributed by atoms with Crippen LogP contribution in [0.1, 0.15) is 0 Å². The summed E-state index contributed by atoms with van der Waals surface area (Å²) in [6.45, 7) is 0. The van der Waals surface area contributed by atoms with Gasteiger partial charge in [0.2, 0.25) is 0 Å². The maximum Gasteiger partial charge on any atom is 0.284 e. The summed E-state index contributed by atoms with van der Waals surface area (Å²) in [6.07, 6.45) is 0. The molecule has 0 saturated heterocycles. The van der Waals surface area contributed by atoms with E-state index in [1.807, 2.05) is 0 Å². The Morgan fingerprint density at radius 2 is 1.58 bits per heavy atom. The van der Waals surface area contributed by atoms with E-state index in [4.69, 9.17) is 11.6 Å². The zero-order chi connectivity index (χ0) is 14.0. The monoisotopic (exact) mass is 278 g/mol. The smallest absolute Gasteiger partial charge is 0.258 e. The molecule has 0 aromatic heterocycles. The molecule has 0 aliphatic carbocycles. The summed E-state index contributed by atoms with van der Waals surface area (Å²) in [5.41, 5.74) is 0.0387. The van der Waals surface area contributed by atoms with Crippen molar-refractivity contribution >= 4 is 23.0 Å². The van der Waals surface area contributed by atoms with Gasteiger partial charge in [-0.1, -0.05) is 29.8 Å². The molecule has 0 amide bonds. The first-order valence-corrected chi connectivity index (χ1v) is 5.56. The van der Waals surface area contributed by atoms with Gasteiger partial charge in [0.05, 0.1) is 21.5 Å². The second kappa shape index (κ2) is 5.03. The molecule has 0 atom stereocenters. The van der Waals surface area contributed by atoms with Crippen molar-refractivity contribution in [2.75, 3.05) is 0 Å². The van der Waals surface area contributed by atoms with Gasteiger partial charge in [0.1, 0.15) is 0 Å². The van der Waals surface area contributed by atoms with Crippen LogP contribution < -0.4 is 0 Å². The highest BCUT2D eigenvalue weighted by Gasteiger charge is 2.21. The number of hydrogen-bond acceptors (Lipinski definition) is 4. The van der Waals surface area contributed by atoms with E-state index in [9.17, 15) is 20.2 Å². The third-order valence-electron chi connectivity index (χ3n) is 2.55. The molecule has 0 unspecified atom stereocenters. The third kappa shape index (κ3) is 2.53. The first-order valence-electron chi connectivity index (χ1n) is 5.18. The number of benzene rings is 2. The number of halogens is 1. The number of rotatable bonds is 3. The second-order valence-corrected chi connectivity index (χ2v) is 4.10. The normalized spacial score (nSPS) is 10.2. The summed E-state index contributed by atoms with van der Waals surface area (Å²) in [5.74, 6) is 0. The fourth-order valence-electron chi connectivity index (χ4n) is 1.69. The summed E-state index contributed by atoms with van der Waals surface area (Å²) in [7, 11) is 0. The minimum Gasteiger partial charge on any atom is -0.258 e. The van der Waals surface area contributed by atoms with E-state index in [-0.39, 0.29) is 16.9 Å². The molecule has 0 heterocycles. The lowest BCUT2D eigenvalue weighted by atomic mass is 10.0. The van der Waals surface area contributed by atoms with Gasteiger partial charge < -0.3 is 0 Å². The maximum absolute atomic E-state index is 11.0. The summed E-state index contributed by atoms with van der Waals surface area (Å²) >= 11 is 5.98. The lowest BCUT2D eigenvalue weighted by Gasteiger charge is -2.05. The van der Waals surface area contributed by atoms with Crippen molar-refractivity contribution in [2.45, 2.75) is 0 Å². The summed E-state index contributed by atoms with van der Waals surface area (Å²) in [5, 5.41) is 22.0. The van der Waals surface area contributed by atoms with Gasteiger partial charge in [0, 0.05) is 16.7 Å². The first-order chi connectivity index (χ1) is 9.00. The van der Waals surface area contributed by atoms with Gasteiger partial charge in [0.25, 0.3) is 11.4 Å². The van der Waals surface area contributed by atoms with Gasteiger partial charge in [-0.25, -0.2) is 0 Å². The van der Waals surface area contributed by atoms with Gasteiger partial charge in [-0.05, 0) is 12.1 Å². The fourth-order valence-corrected chi connectivity index (χ4v) is 1.93. The lowest BCUT2D eigenvalue weighted by molar-refractivity contribution is -0.393. The zero-order valence-corrected chi connectivity index (χ0v) is 10.2. The minimum atomic E-state index is -0.677. The molecule has 7 heteroatoms. The largest absolute Gasteiger partial charge is 0.284 e. The average molecular weight is 279 g/mol. The molecule has 6 nitrogen and oxygen atoms in total. The molecule has 0 aliphatic heterocycles. The molecular formula is C12H7ClN2O4. The number of nitrogens with zero attached hydrogens (tertiary/aromatic N) is 2. The van der Waals surface area contributed by atoms with Crippen LogP contribution in [0.3, 0.4) is 0 Å². The van der Waals surface area contributed by atoms with Crippen LogP contribution in [0, 0.1) is 20.2 Å². The van der Waals surface area contributed by atoms with Gasteiger partial charge in [-0.3, -0.25) is 20.2 Å². The molecule has 0 fully saturated rings. The van der Waals surface area contributed by atoms with Crippen molar-refractivity contribution in [3.63, 3.8) is 0 Å². The third-order valence-corrected chi connectivity index (χ3v) is 2.88. The van der Waals surface area contributed by atoms with Crippen molar-refractivity contribution in [3.05, 3.63) is 67.7 Å². The predicted octanol–water partition coefficient (Wildman–Crippen LogP) is 3.82. The molecule has 19 heavy (non-hydrogen) atoms. The molecule has 0 bridgehead atoms. The Labute approximate surface area is 112 Å². The Kier molecular flexibility index (Phi) is 3.43. The van der Waals surface area contributed by atoms with Crippen LogP contribution >= 0.6 is 11.6 Å². The first kappa shape index (κ1) is 13.0. The number of non-ortho nitro benzene ring substituents is 1. The van der Waals surface area contributed by atoms with Gasteiger partial charge in [-0.15, -0.1) is 0 Å². The number of nitro groups is 2. The Hall–Kier alpha value is -2.47. The summed E-state index contributed by atoms with van der Waals surface area (Å²) < 4.78 is 0. The van der Waals surface area contributed by atoms with Gasteiger partial charge in [0.15, 0.2) is 0 Å². The lowest BCUT2D eigenvalue weighted by Crippen LogP contribution is -1.95.